The second-order valence-corrected chi connectivity index (χ2v) is 8.51. The van der Waals surface area contributed by atoms with Crippen LogP contribution in [0.3, 0.4) is 0 Å². The fourth-order valence-electron chi connectivity index (χ4n) is 4.66. The second kappa shape index (κ2) is 8.69. The third kappa shape index (κ3) is 3.97. The topological polar surface area (TPSA) is 89.0 Å². The zero-order valence-corrected chi connectivity index (χ0v) is 19.4. The molecule has 0 amide bonds. The van der Waals surface area contributed by atoms with E-state index in [0.29, 0.717) is 0 Å². The zero-order valence-electron chi connectivity index (χ0n) is 19.4. The molecule has 0 saturated carbocycles. The van der Waals surface area contributed by atoms with Crippen molar-refractivity contribution in [1.82, 2.24) is 25.4 Å². The fourth-order valence-corrected chi connectivity index (χ4v) is 4.66. The Hall–Kier alpha value is -3.68. The number of ether oxygens (including phenoxy) is 2. The molecule has 8 heteroatoms. The van der Waals surface area contributed by atoms with Crippen molar-refractivity contribution in [3.63, 3.8) is 0 Å². The molecule has 1 N–H and O–H groups in total. The number of aryl methyl sites for hydroxylation is 2. The Kier molecular flexibility index (Phi) is 5.58. The first-order valence-corrected chi connectivity index (χ1v) is 11.3. The predicted molar refractivity (Wildman–Crippen MR) is 128 cm³/mol. The molecule has 0 radical (unpaired) electrons. The molecule has 1 saturated heterocycles. The maximum absolute atomic E-state index is 6.31. The minimum absolute atomic E-state index is 0.158. The van der Waals surface area contributed by atoms with E-state index < -0.39 is 0 Å². The highest BCUT2D eigenvalue weighted by Crippen LogP contribution is 2.36. The van der Waals surface area contributed by atoms with E-state index in [1.807, 2.05) is 51.2 Å². The predicted octanol–water partition coefficient (Wildman–Crippen LogP) is 4.78. The van der Waals surface area contributed by atoms with Crippen LogP contribution >= 0.6 is 0 Å². The van der Waals surface area contributed by atoms with Crippen LogP contribution in [0.2, 0.25) is 0 Å². The third-order valence-electron chi connectivity index (χ3n) is 6.26. The van der Waals surface area contributed by atoms with Crippen LogP contribution in [0.15, 0.2) is 36.7 Å². The van der Waals surface area contributed by atoms with E-state index in [1.54, 1.807) is 13.3 Å². The minimum Gasteiger partial charge on any atom is -0.493 e. The van der Waals surface area contributed by atoms with Gasteiger partial charge in [0.15, 0.2) is 11.6 Å². The number of aromatic amines is 1. The summed E-state index contributed by atoms with van der Waals surface area (Å²) in [5.41, 5.74) is 5.66. The van der Waals surface area contributed by atoms with E-state index in [1.165, 1.54) is 12.8 Å². The summed E-state index contributed by atoms with van der Waals surface area (Å²) in [6.07, 6.45) is 5.86. The van der Waals surface area contributed by atoms with E-state index in [2.05, 4.69) is 25.3 Å². The summed E-state index contributed by atoms with van der Waals surface area (Å²) < 4.78 is 12.0. The summed E-state index contributed by atoms with van der Waals surface area (Å²) in [7, 11) is 1.69. The Bertz CT molecular complexity index is 1280. The maximum Gasteiger partial charge on any atom is 0.171 e. The Morgan fingerprint density at radius 1 is 1.09 bits per heavy atom. The number of hydrogen-bond acceptors (Lipinski definition) is 7. The lowest BCUT2D eigenvalue weighted by molar-refractivity contribution is 0.225. The monoisotopic (exact) mass is 444 g/mol. The highest BCUT2D eigenvalue weighted by Gasteiger charge is 2.20. The quantitative estimate of drug-likeness (QED) is 0.458. The highest BCUT2D eigenvalue weighted by atomic mass is 16.5. The van der Waals surface area contributed by atoms with Gasteiger partial charge in [-0.05, 0) is 63.4 Å². The molecule has 1 aliphatic heterocycles. The van der Waals surface area contributed by atoms with Gasteiger partial charge in [-0.2, -0.15) is 15.3 Å². The lowest BCUT2D eigenvalue weighted by Crippen LogP contribution is -2.19. The molecule has 3 aromatic heterocycles. The molecule has 33 heavy (non-hydrogen) atoms. The average Bonchev–Trinajstić information content (AvgIpc) is 3.48. The SMILES string of the molecule is COc1cc(-c2n[nH]c3ccc(O[C@H](C)c4c(C)cnnc4C)cc23)cnc1N1CCCC1. The molecule has 4 heterocycles. The largest absolute Gasteiger partial charge is 0.493 e. The van der Waals surface area contributed by atoms with Crippen LogP contribution in [0.4, 0.5) is 5.82 Å². The van der Waals surface area contributed by atoms with Crippen molar-refractivity contribution >= 4 is 16.7 Å². The van der Waals surface area contributed by atoms with E-state index >= 15 is 0 Å². The molecule has 1 aliphatic rings. The summed E-state index contributed by atoms with van der Waals surface area (Å²) in [6, 6.07) is 7.98. The number of hydrogen-bond donors (Lipinski definition) is 1. The van der Waals surface area contributed by atoms with Crippen molar-refractivity contribution in [3.05, 3.63) is 53.5 Å². The number of H-pyrrole nitrogens is 1. The fraction of sp³-hybridized carbons (Fsp3) is 0.360. The standard InChI is InChI=1S/C25H28N6O2/c1-15-13-27-28-16(2)23(15)17(3)33-19-7-8-21-20(12-19)24(30-29-21)18-11-22(32-4)25(26-14-18)31-9-5-6-10-31/h7-8,11-14,17H,5-6,9-10H2,1-4H3,(H,29,30)/t17-/m1/s1. The van der Waals surface area contributed by atoms with Gasteiger partial charge in [0.2, 0.25) is 0 Å². The van der Waals surface area contributed by atoms with Gasteiger partial charge in [0.1, 0.15) is 17.5 Å². The lowest BCUT2D eigenvalue weighted by Gasteiger charge is -2.19. The smallest absolute Gasteiger partial charge is 0.171 e. The summed E-state index contributed by atoms with van der Waals surface area (Å²) in [5.74, 6) is 2.43. The van der Waals surface area contributed by atoms with Crippen LogP contribution in [0.25, 0.3) is 22.2 Å². The summed E-state index contributed by atoms with van der Waals surface area (Å²) in [5, 5.41) is 16.9. The molecule has 0 aliphatic carbocycles. The highest BCUT2D eigenvalue weighted by molar-refractivity contribution is 5.94. The lowest BCUT2D eigenvalue weighted by atomic mass is 10.0. The van der Waals surface area contributed by atoms with Crippen molar-refractivity contribution in [1.29, 1.82) is 0 Å². The van der Waals surface area contributed by atoms with Crippen molar-refractivity contribution in [2.75, 3.05) is 25.1 Å². The number of nitrogens with one attached hydrogen (secondary N) is 1. The molecule has 0 unspecified atom stereocenters. The Morgan fingerprint density at radius 2 is 1.91 bits per heavy atom. The third-order valence-corrected chi connectivity index (χ3v) is 6.26. The van der Waals surface area contributed by atoms with Gasteiger partial charge in [-0.1, -0.05) is 0 Å². The number of pyridine rings is 1. The van der Waals surface area contributed by atoms with Crippen LogP contribution in [0, 0.1) is 13.8 Å². The normalized spacial score (nSPS) is 14.6. The molecule has 0 bridgehead atoms. The summed E-state index contributed by atoms with van der Waals surface area (Å²) in [4.78, 5) is 7.00. The van der Waals surface area contributed by atoms with Gasteiger partial charge in [0, 0.05) is 35.8 Å². The van der Waals surface area contributed by atoms with Crippen LogP contribution in [0.1, 0.15) is 42.7 Å². The van der Waals surface area contributed by atoms with E-state index in [4.69, 9.17) is 14.5 Å². The van der Waals surface area contributed by atoms with Crippen LogP contribution in [-0.2, 0) is 0 Å². The maximum atomic E-state index is 6.31. The van der Waals surface area contributed by atoms with Gasteiger partial charge < -0.3 is 14.4 Å². The second-order valence-electron chi connectivity index (χ2n) is 8.51. The van der Waals surface area contributed by atoms with Gasteiger partial charge >= 0.3 is 0 Å². The summed E-state index contributed by atoms with van der Waals surface area (Å²) >= 11 is 0. The molecular formula is C25H28N6O2. The van der Waals surface area contributed by atoms with Gasteiger partial charge in [-0.15, -0.1) is 0 Å². The van der Waals surface area contributed by atoms with Gasteiger partial charge in [-0.25, -0.2) is 4.98 Å². The molecule has 4 aromatic rings. The van der Waals surface area contributed by atoms with Gasteiger partial charge in [0.05, 0.1) is 24.5 Å². The number of rotatable bonds is 6. The van der Waals surface area contributed by atoms with E-state index in [9.17, 15) is 0 Å². The molecule has 1 fully saturated rings. The Morgan fingerprint density at radius 3 is 2.67 bits per heavy atom. The Labute approximate surface area is 193 Å². The molecular weight excluding hydrogens is 416 g/mol. The number of nitrogens with zero attached hydrogens (tertiary/aromatic N) is 5. The van der Waals surface area contributed by atoms with Gasteiger partial charge in [-0.3, -0.25) is 5.10 Å². The van der Waals surface area contributed by atoms with Crippen molar-refractivity contribution in [2.24, 2.45) is 0 Å². The molecule has 170 valence electrons. The van der Waals surface area contributed by atoms with Crippen LogP contribution in [0.5, 0.6) is 11.5 Å². The molecule has 8 nitrogen and oxygen atoms in total. The summed E-state index contributed by atoms with van der Waals surface area (Å²) in [6.45, 7) is 8.04. The molecule has 1 atom stereocenters. The number of methoxy groups -OCH3 is 1. The van der Waals surface area contributed by atoms with E-state index in [-0.39, 0.29) is 6.10 Å². The van der Waals surface area contributed by atoms with E-state index in [0.717, 1.165) is 69.4 Å². The number of benzene rings is 1. The van der Waals surface area contributed by atoms with Gasteiger partial charge in [0.25, 0.3) is 0 Å². The Balaban J connectivity index is 1.47. The molecule has 5 rings (SSSR count). The van der Waals surface area contributed by atoms with Crippen LogP contribution in [-0.4, -0.2) is 45.6 Å². The van der Waals surface area contributed by atoms with Crippen molar-refractivity contribution < 1.29 is 9.47 Å². The molecule has 1 aromatic carbocycles. The van der Waals surface area contributed by atoms with Crippen molar-refractivity contribution in [2.45, 2.75) is 39.7 Å². The first-order valence-electron chi connectivity index (χ1n) is 11.3. The minimum atomic E-state index is -0.158. The zero-order chi connectivity index (χ0) is 22.9. The average molecular weight is 445 g/mol. The number of aromatic nitrogens is 5. The molecule has 0 spiro atoms. The first kappa shape index (κ1) is 21.2. The van der Waals surface area contributed by atoms with Crippen molar-refractivity contribution in [3.8, 4) is 22.8 Å². The number of anilines is 1. The number of fused-ring (bicyclic) bond motifs is 1. The van der Waals surface area contributed by atoms with Crippen LogP contribution < -0.4 is 14.4 Å². The first-order chi connectivity index (χ1) is 16.0.